The van der Waals surface area contributed by atoms with E-state index in [2.05, 4.69) is 33.8 Å². The molecule has 1 saturated carbocycles. The molecule has 4 rings (SSSR count). The lowest BCUT2D eigenvalue weighted by molar-refractivity contribution is -0.281. The zero-order valence-electron chi connectivity index (χ0n) is 23.0. The Morgan fingerprint density at radius 3 is 1.68 bits per heavy atom. The summed E-state index contributed by atoms with van der Waals surface area (Å²) in [5.74, 6) is 1.81. The van der Waals surface area contributed by atoms with Crippen molar-refractivity contribution in [2.75, 3.05) is 0 Å². The van der Waals surface area contributed by atoms with Crippen molar-refractivity contribution in [3.8, 4) is 0 Å². The molecule has 0 N–H and O–H groups in total. The molecule has 0 amide bonds. The number of carbonyl (C=O) groups is 2. The molecule has 0 heterocycles. The highest BCUT2D eigenvalue weighted by atomic mass is 17.2. The van der Waals surface area contributed by atoms with E-state index in [1.165, 1.54) is 11.1 Å². The van der Waals surface area contributed by atoms with Crippen LogP contribution in [0.1, 0.15) is 116 Å². The molecule has 1 fully saturated rings. The summed E-state index contributed by atoms with van der Waals surface area (Å²) >= 11 is 0. The van der Waals surface area contributed by atoms with Crippen LogP contribution in [0.5, 0.6) is 0 Å². The summed E-state index contributed by atoms with van der Waals surface area (Å²) in [6.45, 7) is 8.47. The highest BCUT2D eigenvalue weighted by Crippen LogP contribution is 2.39. The summed E-state index contributed by atoms with van der Waals surface area (Å²) in [4.78, 5) is 45.8. The maximum Gasteiger partial charge on any atom is 0.386 e. The fraction of sp³-hybridized carbons (Fsp3) is 0.500. The van der Waals surface area contributed by atoms with Gasteiger partial charge in [0.15, 0.2) is 5.76 Å². The number of rotatable bonds is 9. The second-order valence-corrected chi connectivity index (χ2v) is 11.2. The first-order valence-electron chi connectivity index (χ1n) is 14.0. The molecule has 0 aliphatic heterocycles. The number of carbonyl (C=O) groups excluding carboxylic acids is 2. The van der Waals surface area contributed by atoms with Crippen LogP contribution in [0, 0.1) is 11.8 Å². The maximum atomic E-state index is 12.3. The second-order valence-electron chi connectivity index (χ2n) is 11.2. The van der Waals surface area contributed by atoms with Crippen LogP contribution in [0.3, 0.4) is 0 Å². The van der Waals surface area contributed by atoms with Crippen LogP contribution in [-0.4, -0.2) is 18.0 Å². The first kappa shape index (κ1) is 27.9. The van der Waals surface area contributed by atoms with Crippen LogP contribution >= 0.6 is 0 Å². The van der Waals surface area contributed by atoms with Crippen LogP contribution < -0.4 is 0 Å². The monoisotopic (exact) mass is 520 g/mol. The Morgan fingerprint density at radius 1 is 0.684 bits per heavy atom. The first-order chi connectivity index (χ1) is 18.3. The summed E-state index contributed by atoms with van der Waals surface area (Å²) in [6, 6.07) is 14.9. The van der Waals surface area contributed by atoms with Crippen molar-refractivity contribution < 1.29 is 29.1 Å². The molecule has 1 unspecified atom stereocenters. The Morgan fingerprint density at radius 2 is 1.21 bits per heavy atom. The van der Waals surface area contributed by atoms with Crippen molar-refractivity contribution >= 4 is 11.9 Å². The zero-order valence-corrected chi connectivity index (χ0v) is 23.0. The van der Waals surface area contributed by atoms with Gasteiger partial charge in [0, 0.05) is 6.42 Å². The largest absolute Gasteiger partial charge is 0.386 e. The van der Waals surface area contributed by atoms with Gasteiger partial charge in [0.2, 0.25) is 0 Å². The SMILES string of the molecule is CC(C)c1ccc(C(=O)OOC2=CCC(C3CCC(OOC(=O)c4ccc(C(C)C)cc4)CC3)CC2)cc1. The summed E-state index contributed by atoms with van der Waals surface area (Å²) in [5, 5.41) is 0. The standard InChI is InChI=1S/C32H40O6/c1-21(2)23-5-9-27(10-6-23)31(33)37-35-29-17-13-25(14-18-29)26-15-19-30(20-16-26)36-38-32(34)28-11-7-24(8-12-28)22(3)4/h5-12,17,21-22,25-26,30H,13-16,18-20H2,1-4H3. The summed E-state index contributed by atoms with van der Waals surface area (Å²) in [7, 11) is 0. The molecule has 2 aromatic rings. The maximum absolute atomic E-state index is 12.3. The Bertz CT molecular complexity index is 1090. The molecule has 0 spiro atoms. The van der Waals surface area contributed by atoms with Gasteiger partial charge in [-0.15, -0.1) is 0 Å². The molecule has 6 heteroatoms. The van der Waals surface area contributed by atoms with Crippen molar-refractivity contribution in [2.45, 2.75) is 90.6 Å². The van der Waals surface area contributed by atoms with Gasteiger partial charge >= 0.3 is 11.9 Å². The molecule has 6 nitrogen and oxygen atoms in total. The second kappa shape index (κ2) is 13.1. The molecule has 38 heavy (non-hydrogen) atoms. The van der Waals surface area contributed by atoms with Gasteiger partial charge < -0.3 is 0 Å². The number of hydrogen-bond acceptors (Lipinski definition) is 6. The van der Waals surface area contributed by atoms with Crippen molar-refractivity contribution in [1.82, 2.24) is 0 Å². The van der Waals surface area contributed by atoms with E-state index >= 15 is 0 Å². The molecular weight excluding hydrogens is 480 g/mol. The van der Waals surface area contributed by atoms with E-state index in [9.17, 15) is 9.59 Å². The van der Waals surface area contributed by atoms with Gasteiger partial charge in [-0.05, 0) is 104 Å². The van der Waals surface area contributed by atoms with Crippen LogP contribution in [-0.2, 0) is 19.6 Å². The van der Waals surface area contributed by atoms with Crippen LogP contribution in [0.4, 0.5) is 0 Å². The predicted molar refractivity (Wildman–Crippen MR) is 145 cm³/mol. The average molecular weight is 521 g/mol. The first-order valence-corrected chi connectivity index (χ1v) is 14.0. The molecular formula is C32H40O6. The van der Waals surface area contributed by atoms with Crippen LogP contribution in [0.15, 0.2) is 60.4 Å². The van der Waals surface area contributed by atoms with Gasteiger partial charge in [-0.25, -0.2) is 14.5 Å². The number of allylic oxidation sites excluding steroid dienone is 2. The molecule has 2 aromatic carbocycles. The zero-order chi connectivity index (χ0) is 27.1. The number of hydrogen-bond donors (Lipinski definition) is 0. The van der Waals surface area contributed by atoms with E-state index in [4.69, 9.17) is 19.6 Å². The number of benzene rings is 2. The van der Waals surface area contributed by atoms with E-state index in [0.29, 0.717) is 34.8 Å². The normalized spacial score (nSPS) is 21.6. The lowest BCUT2D eigenvalue weighted by Crippen LogP contribution is -2.28. The lowest BCUT2D eigenvalue weighted by Gasteiger charge is -2.34. The average Bonchev–Trinajstić information content (AvgIpc) is 2.95. The predicted octanol–water partition coefficient (Wildman–Crippen LogP) is 8.05. The van der Waals surface area contributed by atoms with Crippen molar-refractivity contribution in [3.05, 3.63) is 82.6 Å². The summed E-state index contributed by atoms with van der Waals surface area (Å²) < 4.78 is 0. The van der Waals surface area contributed by atoms with E-state index in [0.717, 1.165) is 50.7 Å². The Hall–Kier alpha value is -3.12. The molecule has 2 aliphatic rings. The minimum Gasteiger partial charge on any atom is -0.293 e. The van der Waals surface area contributed by atoms with Gasteiger partial charge in [0.25, 0.3) is 0 Å². The van der Waals surface area contributed by atoms with Crippen LogP contribution in [0.25, 0.3) is 0 Å². The topological polar surface area (TPSA) is 71.1 Å². The smallest absolute Gasteiger partial charge is 0.293 e. The van der Waals surface area contributed by atoms with Crippen molar-refractivity contribution in [3.63, 3.8) is 0 Å². The summed E-state index contributed by atoms with van der Waals surface area (Å²) in [5.41, 5.74) is 3.35. The third-order valence-corrected chi connectivity index (χ3v) is 7.91. The lowest BCUT2D eigenvalue weighted by atomic mass is 9.74. The minimum atomic E-state index is -0.477. The van der Waals surface area contributed by atoms with E-state index < -0.39 is 11.9 Å². The van der Waals surface area contributed by atoms with E-state index in [1.807, 2.05) is 24.3 Å². The Labute approximate surface area is 226 Å². The van der Waals surface area contributed by atoms with Gasteiger partial charge in [-0.3, -0.25) is 9.78 Å². The third kappa shape index (κ3) is 7.47. The molecule has 2 aliphatic carbocycles. The van der Waals surface area contributed by atoms with E-state index in [-0.39, 0.29) is 6.10 Å². The van der Waals surface area contributed by atoms with Gasteiger partial charge in [0.05, 0.1) is 11.1 Å². The van der Waals surface area contributed by atoms with Crippen LogP contribution in [0.2, 0.25) is 0 Å². The van der Waals surface area contributed by atoms with Gasteiger partial charge in [0.1, 0.15) is 6.10 Å². The minimum absolute atomic E-state index is 0.0582. The third-order valence-electron chi connectivity index (χ3n) is 7.91. The van der Waals surface area contributed by atoms with Crippen molar-refractivity contribution in [2.24, 2.45) is 11.8 Å². The Balaban J connectivity index is 1.15. The Kier molecular flexibility index (Phi) is 9.62. The molecule has 0 aromatic heterocycles. The molecule has 0 saturated heterocycles. The quantitative estimate of drug-likeness (QED) is 0.246. The fourth-order valence-electron chi connectivity index (χ4n) is 5.30. The van der Waals surface area contributed by atoms with Crippen molar-refractivity contribution in [1.29, 1.82) is 0 Å². The highest BCUT2D eigenvalue weighted by molar-refractivity contribution is 5.89. The fourth-order valence-corrected chi connectivity index (χ4v) is 5.30. The summed E-state index contributed by atoms with van der Waals surface area (Å²) in [6.07, 6.45) is 8.51. The molecule has 1 atom stereocenters. The molecule has 0 bridgehead atoms. The van der Waals surface area contributed by atoms with E-state index in [1.54, 1.807) is 24.3 Å². The molecule has 0 radical (unpaired) electrons. The highest BCUT2D eigenvalue weighted by Gasteiger charge is 2.30. The van der Waals surface area contributed by atoms with Gasteiger partial charge in [-0.2, -0.15) is 4.89 Å². The molecule has 204 valence electrons. The van der Waals surface area contributed by atoms with Gasteiger partial charge in [-0.1, -0.05) is 52.0 Å².